The third kappa shape index (κ3) is 8.11. The first kappa shape index (κ1) is 24.1. The third-order valence-electron chi connectivity index (χ3n) is 5.51. The maximum Gasteiger partial charge on any atom is 0.317 e. The number of nitrogens with one attached hydrogen (secondary N) is 1. The first-order chi connectivity index (χ1) is 16.2. The van der Waals surface area contributed by atoms with Crippen LogP contribution in [0.15, 0.2) is 91.0 Å². The molecule has 0 atom stereocenters. The Morgan fingerprint density at radius 1 is 0.667 bits per heavy atom. The predicted molar refractivity (Wildman–Crippen MR) is 133 cm³/mol. The van der Waals surface area contributed by atoms with E-state index >= 15 is 0 Å². The summed E-state index contributed by atoms with van der Waals surface area (Å²) in [5, 5.41) is 2.87. The first-order valence-electron chi connectivity index (χ1n) is 11.6. The second kappa shape index (κ2) is 13.1. The van der Waals surface area contributed by atoms with Crippen LogP contribution < -0.4 is 5.32 Å². The smallest absolute Gasteiger partial charge is 0.317 e. The van der Waals surface area contributed by atoms with Gasteiger partial charge in [-0.05, 0) is 30.0 Å². The maximum absolute atomic E-state index is 13.3. The van der Waals surface area contributed by atoms with Gasteiger partial charge in [-0.3, -0.25) is 4.79 Å². The summed E-state index contributed by atoms with van der Waals surface area (Å²) in [5.74, 6) is 0.0529. The molecule has 5 heteroatoms. The van der Waals surface area contributed by atoms with Gasteiger partial charge in [-0.2, -0.15) is 0 Å². The minimum Gasteiger partial charge on any atom is -0.338 e. The number of hydrogen-bond donors (Lipinski definition) is 1. The number of amides is 3. The minimum atomic E-state index is -0.145. The molecule has 1 N–H and O–H groups in total. The fourth-order valence-corrected chi connectivity index (χ4v) is 3.71. The van der Waals surface area contributed by atoms with Crippen molar-refractivity contribution in [2.24, 2.45) is 0 Å². The van der Waals surface area contributed by atoms with Gasteiger partial charge in [-0.1, -0.05) is 91.0 Å². The molecule has 0 radical (unpaired) electrons. The number of carbonyl (C=O) groups excluding carboxylic acids is 2. The Hall–Kier alpha value is -3.60. The molecule has 3 amide bonds. The normalized spacial score (nSPS) is 10.5. The highest BCUT2D eigenvalue weighted by atomic mass is 16.2. The van der Waals surface area contributed by atoms with Crippen molar-refractivity contribution in [1.82, 2.24) is 15.1 Å². The predicted octanol–water partition coefficient (Wildman–Crippen LogP) is 4.88. The van der Waals surface area contributed by atoms with Gasteiger partial charge >= 0.3 is 6.03 Å². The van der Waals surface area contributed by atoms with Crippen molar-refractivity contribution < 1.29 is 9.59 Å². The number of carbonyl (C=O) groups is 2. The van der Waals surface area contributed by atoms with E-state index in [4.69, 9.17) is 0 Å². The second-order valence-electron chi connectivity index (χ2n) is 8.03. The van der Waals surface area contributed by atoms with Crippen molar-refractivity contribution >= 4 is 11.9 Å². The van der Waals surface area contributed by atoms with E-state index in [1.165, 1.54) is 5.56 Å². The van der Waals surface area contributed by atoms with Gasteiger partial charge in [0, 0.05) is 39.1 Å². The summed E-state index contributed by atoms with van der Waals surface area (Å²) in [5.41, 5.74) is 3.35. The highest BCUT2D eigenvalue weighted by Crippen LogP contribution is 2.11. The Morgan fingerprint density at radius 2 is 1.15 bits per heavy atom. The van der Waals surface area contributed by atoms with Crippen LogP contribution in [0, 0.1) is 0 Å². The molecule has 0 saturated carbocycles. The Kier molecular flexibility index (Phi) is 9.52. The van der Waals surface area contributed by atoms with Crippen LogP contribution >= 0.6 is 0 Å². The van der Waals surface area contributed by atoms with E-state index in [0.29, 0.717) is 32.7 Å². The Bertz CT molecular complexity index is 978. The molecule has 0 aliphatic heterocycles. The summed E-state index contributed by atoms with van der Waals surface area (Å²) in [6.07, 6.45) is 1.08. The van der Waals surface area contributed by atoms with Gasteiger partial charge in [0.1, 0.15) is 0 Å². The van der Waals surface area contributed by atoms with Crippen LogP contribution in [0.1, 0.15) is 30.0 Å². The monoisotopic (exact) mass is 443 g/mol. The van der Waals surface area contributed by atoms with E-state index in [1.54, 1.807) is 4.90 Å². The molecule has 0 saturated heterocycles. The summed E-state index contributed by atoms with van der Waals surface area (Å²) < 4.78 is 0. The Balaban J connectivity index is 1.66. The number of rotatable bonds is 11. The van der Waals surface area contributed by atoms with E-state index in [-0.39, 0.29) is 18.4 Å². The Labute approximate surface area is 197 Å². The van der Waals surface area contributed by atoms with Gasteiger partial charge in [0.25, 0.3) is 0 Å². The van der Waals surface area contributed by atoms with Crippen molar-refractivity contribution in [3.63, 3.8) is 0 Å². The largest absolute Gasteiger partial charge is 0.338 e. The molecule has 5 nitrogen and oxygen atoms in total. The summed E-state index contributed by atoms with van der Waals surface area (Å²) >= 11 is 0. The Morgan fingerprint density at radius 3 is 1.67 bits per heavy atom. The molecular formula is C28H33N3O2. The van der Waals surface area contributed by atoms with Crippen LogP contribution in [0.3, 0.4) is 0 Å². The number of hydrogen-bond acceptors (Lipinski definition) is 2. The van der Waals surface area contributed by atoms with Crippen molar-refractivity contribution in [2.45, 2.75) is 32.9 Å². The molecule has 0 aliphatic rings. The van der Waals surface area contributed by atoms with Crippen LogP contribution in [0.4, 0.5) is 4.79 Å². The molecule has 3 rings (SSSR count). The maximum atomic E-state index is 13.3. The molecule has 0 unspecified atom stereocenters. The number of benzene rings is 3. The molecule has 3 aromatic rings. The zero-order valence-electron chi connectivity index (χ0n) is 19.3. The number of urea groups is 1. The van der Waals surface area contributed by atoms with Crippen LogP contribution in [0.2, 0.25) is 0 Å². The molecule has 3 aromatic carbocycles. The SMILES string of the molecule is CCNC(=O)N(CCC(=O)N(CCc1ccccc1)Cc1ccccc1)Cc1ccccc1. The summed E-state index contributed by atoms with van der Waals surface area (Å²) in [6.45, 7) is 4.49. The molecule has 0 bridgehead atoms. The second-order valence-corrected chi connectivity index (χ2v) is 8.03. The van der Waals surface area contributed by atoms with Crippen molar-refractivity contribution in [1.29, 1.82) is 0 Å². The molecule has 0 heterocycles. The lowest BCUT2D eigenvalue weighted by atomic mass is 10.1. The topological polar surface area (TPSA) is 52.7 Å². The van der Waals surface area contributed by atoms with Gasteiger partial charge in [0.15, 0.2) is 0 Å². The molecule has 172 valence electrons. The quantitative estimate of drug-likeness (QED) is 0.459. The van der Waals surface area contributed by atoms with Crippen LogP contribution in [-0.2, 0) is 24.3 Å². The highest BCUT2D eigenvalue weighted by Gasteiger charge is 2.19. The van der Waals surface area contributed by atoms with Gasteiger partial charge in [0.05, 0.1) is 0 Å². The van der Waals surface area contributed by atoms with Gasteiger partial charge < -0.3 is 15.1 Å². The van der Waals surface area contributed by atoms with E-state index in [1.807, 2.05) is 90.7 Å². The van der Waals surface area contributed by atoms with Gasteiger partial charge in [0.2, 0.25) is 5.91 Å². The molecule has 0 aromatic heterocycles. The van der Waals surface area contributed by atoms with Crippen LogP contribution in [-0.4, -0.2) is 41.4 Å². The zero-order valence-corrected chi connectivity index (χ0v) is 19.3. The first-order valence-corrected chi connectivity index (χ1v) is 11.6. The van der Waals surface area contributed by atoms with Crippen molar-refractivity contribution in [3.05, 3.63) is 108 Å². The average Bonchev–Trinajstić information content (AvgIpc) is 2.86. The third-order valence-corrected chi connectivity index (χ3v) is 5.51. The fraction of sp³-hybridized carbons (Fsp3) is 0.286. The van der Waals surface area contributed by atoms with Gasteiger partial charge in [-0.15, -0.1) is 0 Å². The van der Waals surface area contributed by atoms with Gasteiger partial charge in [-0.25, -0.2) is 4.79 Å². The molecule has 0 aliphatic carbocycles. The standard InChI is InChI=1S/C28H33N3O2/c1-2-29-28(33)31(23-26-16-10-5-11-17-26)21-19-27(32)30(22-25-14-8-4-9-15-25)20-18-24-12-6-3-7-13-24/h3-17H,2,18-23H2,1H3,(H,29,33). The molecular weight excluding hydrogens is 410 g/mol. The summed E-state index contributed by atoms with van der Waals surface area (Å²) in [6, 6.07) is 30.0. The zero-order chi connectivity index (χ0) is 23.3. The molecule has 33 heavy (non-hydrogen) atoms. The van der Waals surface area contributed by atoms with E-state index in [0.717, 1.165) is 17.5 Å². The summed E-state index contributed by atoms with van der Waals surface area (Å²) in [7, 11) is 0. The lowest BCUT2D eigenvalue weighted by Gasteiger charge is -2.26. The lowest BCUT2D eigenvalue weighted by molar-refractivity contribution is -0.132. The van der Waals surface area contributed by atoms with Crippen molar-refractivity contribution in [3.8, 4) is 0 Å². The average molecular weight is 444 g/mol. The lowest BCUT2D eigenvalue weighted by Crippen LogP contribution is -2.42. The molecule has 0 fully saturated rings. The highest BCUT2D eigenvalue weighted by molar-refractivity contribution is 5.78. The summed E-state index contributed by atoms with van der Waals surface area (Å²) in [4.78, 5) is 29.5. The minimum absolute atomic E-state index is 0.0529. The van der Waals surface area contributed by atoms with E-state index in [2.05, 4.69) is 17.4 Å². The van der Waals surface area contributed by atoms with E-state index in [9.17, 15) is 9.59 Å². The van der Waals surface area contributed by atoms with E-state index < -0.39 is 0 Å². The van der Waals surface area contributed by atoms with Crippen LogP contribution in [0.5, 0.6) is 0 Å². The molecule has 0 spiro atoms. The number of nitrogens with zero attached hydrogens (tertiary/aromatic N) is 2. The van der Waals surface area contributed by atoms with Crippen LogP contribution in [0.25, 0.3) is 0 Å². The fourth-order valence-electron chi connectivity index (χ4n) is 3.71. The van der Waals surface area contributed by atoms with Crippen molar-refractivity contribution in [2.75, 3.05) is 19.6 Å².